The number of likely N-dealkylation sites (tertiary alicyclic amines) is 1. The Kier molecular flexibility index (Phi) is 5.99. The van der Waals surface area contributed by atoms with E-state index in [2.05, 4.69) is 25.3 Å². The van der Waals surface area contributed by atoms with Crippen LogP contribution in [0.15, 0.2) is 55.2 Å². The molecule has 0 amide bonds. The van der Waals surface area contributed by atoms with Crippen LogP contribution < -0.4 is 15.0 Å². The van der Waals surface area contributed by atoms with Gasteiger partial charge >= 0.3 is 0 Å². The second-order valence-electron chi connectivity index (χ2n) is 9.75. The highest BCUT2D eigenvalue weighted by Crippen LogP contribution is 2.31. The topological polar surface area (TPSA) is 97.1 Å². The highest BCUT2D eigenvalue weighted by molar-refractivity contribution is 5.87. The van der Waals surface area contributed by atoms with Crippen molar-refractivity contribution in [2.75, 3.05) is 37.4 Å². The Labute approximate surface area is 219 Å². The summed E-state index contributed by atoms with van der Waals surface area (Å²) in [5, 5.41) is 3.35. The van der Waals surface area contributed by atoms with Crippen LogP contribution in [-0.2, 0) is 7.05 Å². The normalized spacial score (nSPS) is 17.8. The van der Waals surface area contributed by atoms with Crippen molar-refractivity contribution in [3.8, 4) is 11.5 Å². The molecule has 1 aliphatic rings. The van der Waals surface area contributed by atoms with E-state index in [4.69, 9.17) is 9.72 Å². The fourth-order valence-electron chi connectivity index (χ4n) is 4.83. The van der Waals surface area contributed by atoms with Crippen LogP contribution in [0, 0.1) is 6.92 Å². The van der Waals surface area contributed by atoms with Gasteiger partial charge in [-0.3, -0.25) is 0 Å². The van der Waals surface area contributed by atoms with E-state index < -0.39 is 6.17 Å². The Morgan fingerprint density at radius 1 is 1.03 bits per heavy atom. The van der Waals surface area contributed by atoms with E-state index >= 15 is 0 Å². The third kappa shape index (κ3) is 4.45. The fourth-order valence-corrected chi connectivity index (χ4v) is 4.83. The van der Waals surface area contributed by atoms with Crippen LogP contribution in [0.25, 0.3) is 22.1 Å². The molecule has 1 saturated heterocycles. The van der Waals surface area contributed by atoms with Gasteiger partial charge in [-0.25, -0.2) is 29.3 Å². The molecule has 38 heavy (non-hydrogen) atoms. The molecule has 10 nitrogen and oxygen atoms in total. The minimum Gasteiger partial charge on any atom is -0.457 e. The zero-order valence-electron chi connectivity index (χ0n) is 21.6. The molecule has 6 rings (SSSR count). The number of benzene rings is 2. The van der Waals surface area contributed by atoms with Gasteiger partial charge in [-0.1, -0.05) is 0 Å². The van der Waals surface area contributed by atoms with Crippen LogP contribution in [0.1, 0.15) is 5.56 Å². The molecule has 5 aromatic rings. The van der Waals surface area contributed by atoms with Gasteiger partial charge in [-0.05, 0) is 49.9 Å². The fraction of sp³-hybridized carbons (Fsp3) is 0.296. The molecule has 3 aromatic heterocycles. The van der Waals surface area contributed by atoms with Crippen molar-refractivity contribution in [3.63, 3.8) is 0 Å². The van der Waals surface area contributed by atoms with E-state index in [0.29, 0.717) is 35.9 Å². The van der Waals surface area contributed by atoms with E-state index in [1.165, 1.54) is 6.33 Å². The van der Waals surface area contributed by atoms with Gasteiger partial charge in [0.05, 0.1) is 29.6 Å². The Morgan fingerprint density at radius 2 is 1.89 bits per heavy atom. The number of anilines is 3. The summed E-state index contributed by atoms with van der Waals surface area (Å²) in [5.41, 5.74) is 4.86. The number of likely N-dealkylation sites (N-methyl/N-ethyl adjacent to an activating group) is 2. The Bertz CT molecular complexity index is 1640. The van der Waals surface area contributed by atoms with Crippen LogP contribution in [0.3, 0.4) is 0 Å². The minimum atomic E-state index is -0.969. The Hall–Kier alpha value is -4.38. The highest BCUT2D eigenvalue weighted by atomic mass is 19.1. The number of aryl methyl sites for hydroxylation is 2. The van der Waals surface area contributed by atoms with Crippen LogP contribution in [0.4, 0.5) is 21.8 Å². The second kappa shape index (κ2) is 9.49. The third-order valence-electron chi connectivity index (χ3n) is 6.94. The molecule has 0 saturated carbocycles. The van der Waals surface area contributed by atoms with Crippen LogP contribution >= 0.6 is 0 Å². The van der Waals surface area contributed by atoms with E-state index in [-0.39, 0.29) is 6.04 Å². The van der Waals surface area contributed by atoms with Gasteiger partial charge in [0.2, 0.25) is 5.95 Å². The number of nitrogens with zero attached hydrogens (tertiary/aromatic N) is 8. The summed E-state index contributed by atoms with van der Waals surface area (Å²) in [6.07, 6.45) is 3.93. The van der Waals surface area contributed by atoms with Gasteiger partial charge in [-0.15, -0.1) is 0 Å². The van der Waals surface area contributed by atoms with Crippen molar-refractivity contribution in [3.05, 3.63) is 60.8 Å². The van der Waals surface area contributed by atoms with Gasteiger partial charge in [0, 0.05) is 38.9 Å². The maximum atomic E-state index is 14.5. The molecule has 0 aliphatic carbocycles. The summed E-state index contributed by atoms with van der Waals surface area (Å²) in [7, 11) is 5.70. The summed E-state index contributed by atoms with van der Waals surface area (Å²) in [6.45, 7) is 2.99. The first-order valence-corrected chi connectivity index (χ1v) is 12.4. The molecule has 2 atom stereocenters. The summed E-state index contributed by atoms with van der Waals surface area (Å²) in [4.78, 5) is 26.0. The maximum Gasteiger partial charge on any atom is 0.226 e. The summed E-state index contributed by atoms with van der Waals surface area (Å²) >= 11 is 0. The van der Waals surface area contributed by atoms with Crippen LogP contribution in [0.2, 0.25) is 0 Å². The van der Waals surface area contributed by atoms with Gasteiger partial charge in [0.25, 0.3) is 0 Å². The summed E-state index contributed by atoms with van der Waals surface area (Å²) in [6, 6.07) is 11.4. The number of halogens is 1. The standard InChI is InChI=1S/C27H28FN9O/c1-16-9-17(5-8-24(16)38-18-6-7-22-20(10-18)32-15-36(22)3)33-26-25-21(30-14-31-26)11-29-27(34-25)37(4)23-13-35(2)12-19(23)28/h5-11,14-15,19,23H,12-13H2,1-4H3,(H,30,31,33)/t19-,23+/m1/s1. The molecule has 0 radical (unpaired) electrons. The van der Waals surface area contributed by atoms with Crippen molar-refractivity contribution in [2.45, 2.75) is 19.1 Å². The molecule has 0 unspecified atom stereocenters. The number of ether oxygens (including phenoxy) is 1. The first kappa shape index (κ1) is 24.0. The SMILES string of the molecule is Cc1cc(Nc2ncnc3cnc(N(C)[C@H]4CN(C)C[C@H]4F)nc23)ccc1Oc1ccc2c(c1)ncn2C. The van der Waals surface area contributed by atoms with Crippen molar-refractivity contribution >= 4 is 39.5 Å². The summed E-state index contributed by atoms with van der Waals surface area (Å²) < 4.78 is 22.7. The lowest BCUT2D eigenvalue weighted by Crippen LogP contribution is -2.40. The molecule has 1 fully saturated rings. The van der Waals surface area contributed by atoms with E-state index in [9.17, 15) is 4.39 Å². The number of nitrogens with one attached hydrogen (secondary N) is 1. The Balaban J connectivity index is 1.24. The van der Waals surface area contributed by atoms with Crippen LogP contribution in [0.5, 0.6) is 11.5 Å². The average Bonchev–Trinajstić information content (AvgIpc) is 3.45. The zero-order valence-corrected chi connectivity index (χ0v) is 21.6. The number of imidazole rings is 1. The molecule has 4 heterocycles. The summed E-state index contributed by atoms with van der Waals surface area (Å²) in [5.74, 6) is 2.44. The predicted molar refractivity (Wildman–Crippen MR) is 145 cm³/mol. The van der Waals surface area contributed by atoms with Crippen molar-refractivity contribution in [1.82, 2.24) is 34.4 Å². The van der Waals surface area contributed by atoms with Crippen molar-refractivity contribution in [2.24, 2.45) is 7.05 Å². The second-order valence-corrected chi connectivity index (χ2v) is 9.75. The molecular formula is C27H28FN9O. The van der Waals surface area contributed by atoms with E-state index in [1.807, 2.05) is 73.9 Å². The molecule has 1 aliphatic heterocycles. The Morgan fingerprint density at radius 3 is 2.68 bits per heavy atom. The van der Waals surface area contributed by atoms with Crippen molar-refractivity contribution < 1.29 is 9.13 Å². The maximum absolute atomic E-state index is 14.5. The van der Waals surface area contributed by atoms with E-state index in [0.717, 1.165) is 33.8 Å². The van der Waals surface area contributed by atoms with Crippen LogP contribution in [-0.4, -0.2) is 73.8 Å². The average molecular weight is 514 g/mol. The lowest BCUT2D eigenvalue weighted by Gasteiger charge is -2.25. The molecule has 1 N–H and O–H groups in total. The van der Waals surface area contributed by atoms with Crippen molar-refractivity contribution in [1.29, 1.82) is 0 Å². The number of fused-ring (bicyclic) bond motifs is 2. The molecule has 194 valence electrons. The predicted octanol–water partition coefficient (Wildman–Crippen LogP) is 4.24. The highest BCUT2D eigenvalue weighted by Gasteiger charge is 2.35. The van der Waals surface area contributed by atoms with E-state index in [1.54, 1.807) is 17.4 Å². The number of rotatable bonds is 6. The number of hydrogen-bond donors (Lipinski definition) is 1. The first-order valence-electron chi connectivity index (χ1n) is 12.4. The third-order valence-corrected chi connectivity index (χ3v) is 6.94. The number of alkyl halides is 1. The monoisotopic (exact) mass is 513 g/mol. The van der Waals surface area contributed by atoms with Gasteiger partial charge in [0.15, 0.2) is 5.82 Å². The number of hydrogen-bond acceptors (Lipinski definition) is 9. The quantitative estimate of drug-likeness (QED) is 0.358. The molecule has 0 spiro atoms. The molecule has 11 heteroatoms. The smallest absolute Gasteiger partial charge is 0.226 e. The van der Waals surface area contributed by atoms with Gasteiger partial charge < -0.3 is 24.4 Å². The first-order chi connectivity index (χ1) is 18.4. The number of aromatic nitrogens is 6. The zero-order chi connectivity index (χ0) is 26.4. The minimum absolute atomic E-state index is 0.313. The molecule has 0 bridgehead atoms. The van der Waals surface area contributed by atoms with Gasteiger partial charge in [0.1, 0.15) is 35.0 Å². The largest absolute Gasteiger partial charge is 0.457 e. The lowest BCUT2D eigenvalue weighted by molar-refractivity contribution is 0.306. The lowest BCUT2D eigenvalue weighted by atomic mass is 10.2. The molecular weight excluding hydrogens is 485 g/mol. The molecule has 2 aromatic carbocycles. The van der Waals surface area contributed by atoms with Gasteiger partial charge in [-0.2, -0.15) is 0 Å².